The number of rotatable bonds is 7. The van der Waals surface area contributed by atoms with E-state index in [4.69, 9.17) is 0 Å². The second-order valence-corrected chi connectivity index (χ2v) is 8.83. The molecule has 1 N–H and O–H groups in total. The van der Waals surface area contributed by atoms with Gasteiger partial charge in [-0.2, -0.15) is 0 Å². The van der Waals surface area contributed by atoms with Crippen molar-refractivity contribution < 1.29 is 14.4 Å². The van der Waals surface area contributed by atoms with Gasteiger partial charge in [0, 0.05) is 38.3 Å². The van der Waals surface area contributed by atoms with Crippen LogP contribution in [0.4, 0.5) is 0 Å². The molecule has 0 saturated heterocycles. The van der Waals surface area contributed by atoms with Gasteiger partial charge in [0.2, 0.25) is 11.7 Å². The third-order valence-corrected chi connectivity index (χ3v) is 6.21. The van der Waals surface area contributed by atoms with Gasteiger partial charge in [0.1, 0.15) is 6.54 Å². The zero-order chi connectivity index (χ0) is 24.9. The normalized spacial score (nSPS) is 13.5. The van der Waals surface area contributed by atoms with Crippen LogP contribution in [-0.4, -0.2) is 76.0 Å². The van der Waals surface area contributed by atoms with Crippen molar-refractivity contribution in [3.63, 3.8) is 0 Å². The Bertz CT molecular complexity index is 1200. The molecule has 182 valence electrons. The highest BCUT2D eigenvalue weighted by atomic mass is 16.2. The number of hydrogen-bond donors (Lipinski definition) is 1. The summed E-state index contributed by atoms with van der Waals surface area (Å²) in [5, 5.41) is 7.19. The highest BCUT2D eigenvalue weighted by Gasteiger charge is 2.32. The first kappa shape index (κ1) is 24.1. The first-order valence-corrected chi connectivity index (χ1v) is 11.7. The molecule has 0 spiro atoms. The monoisotopic (exact) mass is 474 g/mol. The number of amides is 3. The van der Waals surface area contributed by atoms with Crippen LogP contribution >= 0.6 is 0 Å². The van der Waals surface area contributed by atoms with Crippen molar-refractivity contribution >= 4 is 17.7 Å². The maximum Gasteiger partial charge on any atom is 0.294 e. The van der Waals surface area contributed by atoms with Gasteiger partial charge in [-0.1, -0.05) is 43.2 Å². The number of carbonyl (C=O) groups excluding carboxylic acids is 3. The van der Waals surface area contributed by atoms with E-state index in [9.17, 15) is 14.4 Å². The van der Waals surface area contributed by atoms with Gasteiger partial charge in [-0.3, -0.25) is 14.4 Å². The molecule has 0 radical (unpaired) electrons. The van der Waals surface area contributed by atoms with Gasteiger partial charge < -0.3 is 15.1 Å². The molecule has 0 unspecified atom stereocenters. The molecule has 0 atom stereocenters. The summed E-state index contributed by atoms with van der Waals surface area (Å²) in [6, 6.07) is 16.5. The van der Waals surface area contributed by atoms with E-state index in [0.717, 1.165) is 31.2 Å². The van der Waals surface area contributed by atoms with Crippen molar-refractivity contribution in [3.05, 3.63) is 66.0 Å². The van der Waals surface area contributed by atoms with Gasteiger partial charge in [-0.15, -0.1) is 5.10 Å². The fraction of sp³-hybridized carbons (Fsp3) is 0.346. The SMILES string of the molecule is CNC(=O)CN(C(=O)c1nc(-c2ccccc2)n(-c2ccc(C(=O)N(C)C)cc2)n1)C1CCCC1. The van der Waals surface area contributed by atoms with Crippen molar-refractivity contribution in [2.24, 2.45) is 0 Å². The zero-order valence-corrected chi connectivity index (χ0v) is 20.3. The molecule has 4 rings (SSSR count). The lowest BCUT2D eigenvalue weighted by molar-refractivity contribution is -0.121. The number of likely N-dealkylation sites (N-methyl/N-ethyl adjacent to an activating group) is 1. The summed E-state index contributed by atoms with van der Waals surface area (Å²) in [6.45, 7) is -0.0312. The molecule has 1 saturated carbocycles. The van der Waals surface area contributed by atoms with Crippen molar-refractivity contribution in [3.8, 4) is 17.1 Å². The van der Waals surface area contributed by atoms with Crippen LogP contribution in [0.25, 0.3) is 17.1 Å². The van der Waals surface area contributed by atoms with E-state index in [1.54, 1.807) is 55.0 Å². The number of carbonyl (C=O) groups is 3. The molecule has 9 heteroatoms. The summed E-state index contributed by atoms with van der Waals surface area (Å²) in [7, 11) is 4.97. The van der Waals surface area contributed by atoms with Crippen LogP contribution in [0.15, 0.2) is 54.6 Å². The van der Waals surface area contributed by atoms with Gasteiger partial charge in [0.05, 0.1) is 5.69 Å². The van der Waals surface area contributed by atoms with Crippen molar-refractivity contribution in [1.82, 2.24) is 29.9 Å². The molecule has 2 aromatic carbocycles. The fourth-order valence-electron chi connectivity index (χ4n) is 4.31. The van der Waals surface area contributed by atoms with Crippen LogP contribution in [0, 0.1) is 0 Å². The largest absolute Gasteiger partial charge is 0.358 e. The third-order valence-electron chi connectivity index (χ3n) is 6.21. The first-order valence-electron chi connectivity index (χ1n) is 11.7. The molecular formula is C26H30N6O3. The lowest BCUT2D eigenvalue weighted by Crippen LogP contribution is -2.45. The van der Waals surface area contributed by atoms with E-state index in [2.05, 4.69) is 15.4 Å². The van der Waals surface area contributed by atoms with Crippen molar-refractivity contribution in [2.45, 2.75) is 31.7 Å². The van der Waals surface area contributed by atoms with E-state index in [1.807, 2.05) is 30.3 Å². The molecule has 0 bridgehead atoms. The quantitative estimate of drug-likeness (QED) is 0.568. The molecule has 1 heterocycles. The Morgan fingerprint density at radius 2 is 1.63 bits per heavy atom. The van der Waals surface area contributed by atoms with Gasteiger partial charge >= 0.3 is 0 Å². The minimum Gasteiger partial charge on any atom is -0.358 e. The summed E-state index contributed by atoms with van der Waals surface area (Å²) in [4.78, 5) is 45.8. The van der Waals surface area contributed by atoms with E-state index < -0.39 is 0 Å². The molecule has 0 aliphatic heterocycles. The lowest BCUT2D eigenvalue weighted by Gasteiger charge is -2.27. The number of benzene rings is 2. The molecule has 1 aliphatic rings. The smallest absolute Gasteiger partial charge is 0.294 e. The van der Waals surface area contributed by atoms with Gasteiger partial charge in [0.25, 0.3) is 11.8 Å². The van der Waals surface area contributed by atoms with Gasteiger partial charge in [-0.05, 0) is 37.1 Å². The van der Waals surface area contributed by atoms with Crippen LogP contribution in [0.3, 0.4) is 0 Å². The number of nitrogens with zero attached hydrogens (tertiary/aromatic N) is 5. The topological polar surface area (TPSA) is 100 Å². The summed E-state index contributed by atoms with van der Waals surface area (Å²) in [5.74, 6) is -0.152. The Balaban J connectivity index is 1.74. The molecular weight excluding hydrogens is 444 g/mol. The van der Waals surface area contributed by atoms with E-state index in [1.165, 1.54) is 4.90 Å². The van der Waals surface area contributed by atoms with Crippen molar-refractivity contribution in [1.29, 1.82) is 0 Å². The van der Waals surface area contributed by atoms with E-state index in [-0.39, 0.29) is 36.1 Å². The average molecular weight is 475 g/mol. The summed E-state index contributed by atoms with van der Waals surface area (Å²) < 4.78 is 1.61. The summed E-state index contributed by atoms with van der Waals surface area (Å²) in [6.07, 6.45) is 3.77. The zero-order valence-electron chi connectivity index (χ0n) is 20.3. The summed E-state index contributed by atoms with van der Waals surface area (Å²) in [5.41, 5.74) is 2.02. The van der Waals surface area contributed by atoms with Crippen LogP contribution in [0.5, 0.6) is 0 Å². The van der Waals surface area contributed by atoms with E-state index in [0.29, 0.717) is 17.1 Å². The maximum atomic E-state index is 13.6. The first-order chi connectivity index (χ1) is 16.9. The van der Waals surface area contributed by atoms with Gasteiger partial charge in [0.15, 0.2) is 5.82 Å². The molecule has 3 amide bonds. The molecule has 35 heavy (non-hydrogen) atoms. The second-order valence-electron chi connectivity index (χ2n) is 8.83. The minimum atomic E-state index is -0.365. The lowest BCUT2D eigenvalue weighted by atomic mass is 10.1. The Labute approximate surface area is 204 Å². The Kier molecular flexibility index (Phi) is 7.24. The molecule has 1 fully saturated rings. The highest BCUT2D eigenvalue weighted by Crippen LogP contribution is 2.26. The van der Waals surface area contributed by atoms with Crippen LogP contribution in [-0.2, 0) is 4.79 Å². The average Bonchev–Trinajstić information content (AvgIpc) is 3.57. The van der Waals surface area contributed by atoms with E-state index >= 15 is 0 Å². The maximum absolute atomic E-state index is 13.6. The number of nitrogens with one attached hydrogen (secondary N) is 1. The van der Waals surface area contributed by atoms with Crippen LogP contribution in [0.1, 0.15) is 46.7 Å². The predicted molar refractivity (Wildman–Crippen MR) is 132 cm³/mol. The van der Waals surface area contributed by atoms with Crippen LogP contribution in [0.2, 0.25) is 0 Å². The number of hydrogen-bond acceptors (Lipinski definition) is 5. The molecule has 9 nitrogen and oxygen atoms in total. The van der Waals surface area contributed by atoms with Crippen molar-refractivity contribution in [2.75, 3.05) is 27.7 Å². The standard InChI is InChI=1S/C26H30N6O3/c1-27-22(33)17-31(20-11-7-8-12-20)26(35)23-28-24(18-9-5-4-6-10-18)32(29-23)21-15-13-19(14-16-21)25(34)30(2)3/h4-6,9-10,13-16,20H,7-8,11-12,17H2,1-3H3,(H,27,33). The molecule has 1 aliphatic carbocycles. The second kappa shape index (κ2) is 10.5. The Hall–Kier alpha value is -4.01. The van der Waals surface area contributed by atoms with Gasteiger partial charge in [-0.25, -0.2) is 9.67 Å². The molecule has 1 aromatic heterocycles. The highest BCUT2D eigenvalue weighted by molar-refractivity contribution is 5.95. The fourth-order valence-corrected chi connectivity index (χ4v) is 4.31. The molecule has 3 aromatic rings. The predicted octanol–water partition coefficient (Wildman–Crippen LogP) is 2.77. The van der Waals surface area contributed by atoms with Crippen LogP contribution < -0.4 is 5.32 Å². The minimum absolute atomic E-state index is 0.0109. The Morgan fingerprint density at radius 3 is 2.23 bits per heavy atom. The summed E-state index contributed by atoms with van der Waals surface area (Å²) >= 11 is 0. The number of aromatic nitrogens is 3. The Morgan fingerprint density at radius 1 is 0.971 bits per heavy atom. The third kappa shape index (κ3) is 5.24.